The number of rotatable bonds is 3. The summed E-state index contributed by atoms with van der Waals surface area (Å²) in [5, 5.41) is 20.4. The average Bonchev–Trinajstić information content (AvgIpc) is 2.47. The molecule has 4 heteroatoms. The van der Waals surface area contributed by atoms with Crippen LogP contribution in [0.25, 0.3) is 10.8 Å². The van der Waals surface area contributed by atoms with Gasteiger partial charge in [0.25, 0.3) is 0 Å². The third kappa shape index (κ3) is 2.87. The first kappa shape index (κ1) is 13.2. The topological polar surface area (TPSA) is 49.7 Å². The molecule has 1 atom stereocenters. The van der Waals surface area contributed by atoms with Crippen LogP contribution in [0.15, 0.2) is 48.6 Å². The van der Waals surface area contributed by atoms with Gasteiger partial charge in [0.15, 0.2) is 0 Å². The minimum Gasteiger partial charge on any atom is -0.486 e. The van der Waals surface area contributed by atoms with Crippen LogP contribution in [0.5, 0.6) is 5.75 Å². The van der Waals surface area contributed by atoms with Gasteiger partial charge in [0, 0.05) is 0 Å². The number of allylic oxidation sites excluding steroid dienone is 1. The van der Waals surface area contributed by atoms with Gasteiger partial charge in [-0.15, -0.1) is 0 Å². The molecule has 2 aromatic carbocycles. The van der Waals surface area contributed by atoms with Gasteiger partial charge in [-0.2, -0.15) is 0 Å². The molecular weight excluding hydrogens is 251 g/mol. The molecule has 1 aliphatic carbocycles. The minimum absolute atomic E-state index is 0.166. The van der Waals surface area contributed by atoms with Crippen molar-refractivity contribution < 1.29 is 14.8 Å². The van der Waals surface area contributed by atoms with Gasteiger partial charge in [0.05, 0.1) is 0 Å². The Morgan fingerprint density at radius 1 is 1.05 bits per heavy atom. The zero-order valence-electron chi connectivity index (χ0n) is 11.2. The van der Waals surface area contributed by atoms with Crippen molar-refractivity contribution in [1.29, 1.82) is 0 Å². The molecule has 0 fully saturated rings. The standard InChI is InChI=1S/C16H17BO3/c18-17(19)14-8-6-13-11-16(9-7-12(13)10-14)20-15-4-2-1-3-5-15/h2,4,6-11,15,18-19H,1,3,5H2. The van der Waals surface area contributed by atoms with E-state index in [2.05, 4.69) is 12.2 Å². The van der Waals surface area contributed by atoms with E-state index in [4.69, 9.17) is 4.74 Å². The van der Waals surface area contributed by atoms with Crippen LogP contribution in [0, 0.1) is 0 Å². The monoisotopic (exact) mass is 268 g/mol. The van der Waals surface area contributed by atoms with Gasteiger partial charge in [-0.25, -0.2) is 0 Å². The van der Waals surface area contributed by atoms with Gasteiger partial charge in [-0.05, 0) is 53.7 Å². The Labute approximate surface area is 118 Å². The Morgan fingerprint density at radius 2 is 1.85 bits per heavy atom. The summed E-state index contributed by atoms with van der Waals surface area (Å²) in [4.78, 5) is 0. The van der Waals surface area contributed by atoms with Crippen LogP contribution in [-0.4, -0.2) is 23.3 Å². The van der Waals surface area contributed by atoms with Crippen LogP contribution in [-0.2, 0) is 0 Å². The lowest BCUT2D eigenvalue weighted by Gasteiger charge is -2.18. The Kier molecular flexibility index (Phi) is 3.76. The molecule has 0 spiro atoms. The van der Waals surface area contributed by atoms with Crippen molar-refractivity contribution in [3.63, 3.8) is 0 Å². The van der Waals surface area contributed by atoms with Gasteiger partial charge in [0.1, 0.15) is 11.9 Å². The van der Waals surface area contributed by atoms with Gasteiger partial charge < -0.3 is 14.8 Å². The van der Waals surface area contributed by atoms with E-state index in [1.54, 1.807) is 12.1 Å². The summed E-state index contributed by atoms with van der Waals surface area (Å²) in [7, 11) is -1.43. The average molecular weight is 268 g/mol. The quantitative estimate of drug-likeness (QED) is 0.661. The number of hydrogen-bond donors (Lipinski definition) is 2. The summed E-state index contributed by atoms with van der Waals surface area (Å²) >= 11 is 0. The second kappa shape index (κ2) is 5.69. The first-order valence-electron chi connectivity index (χ1n) is 6.95. The van der Waals surface area contributed by atoms with Crippen LogP contribution >= 0.6 is 0 Å². The molecule has 0 aromatic heterocycles. The van der Waals surface area contributed by atoms with Crippen molar-refractivity contribution in [2.24, 2.45) is 0 Å². The molecule has 1 unspecified atom stereocenters. The number of ether oxygens (including phenoxy) is 1. The predicted octanol–water partition coefficient (Wildman–Crippen LogP) is 2.01. The van der Waals surface area contributed by atoms with E-state index < -0.39 is 7.12 Å². The fraction of sp³-hybridized carbons (Fsp3) is 0.250. The molecule has 0 saturated carbocycles. The van der Waals surface area contributed by atoms with Crippen molar-refractivity contribution in [2.75, 3.05) is 0 Å². The first-order valence-corrected chi connectivity index (χ1v) is 6.95. The minimum atomic E-state index is -1.43. The molecule has 0 saturated heterocycles. The van der Waals surface area contributed by atoms with Gasteiger partial charge in [0.2, 0.25) is 0 Å². The maximum atomic E-state index is 9.18. The summed E-state index contributed by atoms with van der Waals surface area (Å²) in [5.74, 6) is 0.853. The molecule has 0 heterocycles. The van der Waals surface area contributed by atoms with E-state index in [1.807, 2.05) is 24.3 Å². The van der Waals surface area contributed by atoms with Crippen LogP contribution < -0.4 is 10.2 Å². The molecule has 0 amide bonds. The molecular formula is C16H17BO3. The maximum absolute atomic E-state index is 9.18. The summed E-state index contributed by atoms with van der Waals surface area (Å²) in [6.07, 6.45) is 7.84. The highest BCUT2D eigenvalue weighted by Gasteiger charge is 2.12. The third-order valence-corrected chi connectivity index (χ3v) is 3.63. The first-order chi connectivity index (χ1) is 9.72. The van der Waals surface area contributed by atoms with E-state index in [1.165, 1.54) is 6.42 Å². The molecule has 0 bridgehead atoms. The van der Waals surface area contributed by atoms with Crippen molar-refractivity contribution in [3.05, 3.63) is 48.6 Å². The molecule has 102 valence electrons. The van der Waals surface area contributed by atoms with Crippen LogP contribution in [0.1, 0.15) is 19.3 Å². The van der Waals surface area contributed by atoms with E-state index in [-0.39, 0.29) is 6.10 Å². The Hall–Kier alpha value is -1.78. The van der Waals surface area contributed by atoms with Gasteiger partial charge >= 0.3 is 7.12 Å². The maximum Gasteiger partial charge on any atom is 0.488 e. The van der Waals surface area contributed by atoms with E-state index in [0.717, 1.165) is 29.4 Å². The second-order valence-electron chi connectivity index (χ2n) is 5.16. The largest absolute Gasteiger partial charge is 0.488 e. The smallest absolute Gasteiger partial charge is 0.486 e. The second-order valence-corrected chi connectivity index (χ2v) is 5.16. The number of fused-ring (bicyclic) bond motifs is 1. The molecule has 3 nitrogen and oxygen atoms in total. The van der Waals surface area contributed by atoms with E-state index in [9.17, 15) is 10.0 Å². The molecule has 2 aromatic rings. The van der Waals surface area contributed by atoms with Crippen LogP contribution in [0.2, 0.25) is 0 Å². The van der Waals surface area contributed by atoms with Crippen molar-refractivity contribution in [3.8, 4) is 5.75 Å². The zero-order valence-corrected chi connectivity index (χ0v) is 11.2. The third-order valence-electron chi connectivity index (χ3n) is 3.63. The molecule has 0 radical (unpaired) electrons. The molecule has 0 aliphatic heterocycles. The molecule has 3 rings (SSSR count). The fourth-order valence-corrected chi connectivity index (χ4v) is 2.53. The lowest BCUT2D eigenvalue weighted by atomic mass is 9.79. The summed E-state index contributed by atoms with van der Waals surface area (Å²) < 4.78 is 5.96. The Balaban J connectivity index is 1.85. The highest BCUT2D eigenvalue weighted by atomic mass is 16.5. The highest BCUT2D eigenvalue weighted by molar-refractivity contribution is 6.58. The molecule has 2 N–H and O–H groups in total. The van der Waals surface area contributed by atoms with Crippen molar-refractivity contribution >= 4 is 23.4 Å². The van der Waals surface area contributed by atoms with E-state index >= 15 is 0 Å². The zero-order chi connectivity index (χ0) is 13.9. The SMILES string of the molecule is OB(O)c1ccc2cc(OC3C=CCCC3)ccc2c1. The highest BCUT2D eigenvalue weighted by Crippen LogP contribution is 2.23. The summed E-state index contributed by atoms with van der Waals surface area (Å²) in [5.41, 5.74) is 0.501. The summed E-state index contributed by atoms with van der Waals surface area (Å²) in [6.45, 7) is 0. The van der Waals surface area contributed by atoms with Gasteiger partial charge in [-0.1, -0.05) is 30.3 Å². The van der Waals surface area contributed by atoms with Gasteiger partial charge in [-0.3, -0.25) is 0 Å². The fourth-order valence-electron chi connectivity index (χ4n) is 2.53. The van der Waals surface area contributed by atoms with Crippen LogP contribution in [0.4, 0.5) is 0 Å². The normalized spacial score (nSPS) is 18.2. The molecule has 20 heavy (non-hydrogen) atoms. The lowest BCUT2D eigenvalue weighted by Crippen LogP contribution is -2.29. The van der Waals surface area contributed by atoms with Crippen molar-refractivity contribution in [1.82, 2.24) is 0 Å². The predicted molar refractivity (Wildman–Crippen MR) is 81.2 cm³/mol. The molecule has 1 aliphatic rings. The van der Waals surface area contributed by atoms with Crippen LogP contribution in [0.3, 0.4) is 0 Å². The number of hydrogen-bond acceptors (Lipinski definition) is 3. The Bertz CT molecular complexity index is 637. The Morgan fingerprint density at radius 3 is 2.60 bits per heavy atom. The lowest BCUT2D eigenvalue weighted by molar-refractivity contribution is 0.230. The van der Waals surface area contributed by atoms with E-state index in [0.29, 0.717) is 5.46 Å². The number of benzene rings is 2. The summed E-state index contributed by atoms with van der Waals surface area (Å²) in [6, 6.07) is 11.3. The van der Waals surface area contributed by atoms with Crippen molar-refractivity contribution in [2.45, 2.75) is 25.4 Å².